The third-order valence-electron chi connectivity index (χ3n) is 6.48. The highest BCUT2D eigenvalue weighted by Gasteiger charge is 2.37. The Morgan fingerprint density at radius 1 is 1.20 bits per heavy atom. The Morgan fingerprint density at radius 2 is 2.00 bits per heavy atom. The molecule has 0 saturated heterocycles. The lowest BCUT2D eigenvalue weighted by molar-refractivity contribution is -0.128. The number of hydrogen-bond acceptors (Lipinski definition) is 3. The highest BCUT2D eigenvalue weighted by molar-refractivity contribution is 6.08. The Labute approximate surface area is 176 Å². The fraction of sp³-hybridized carbons (Fsp3) is 0.522. The number of aliphatic imine (C=N–C) groups is 1. The summed E-state index contributed by atoms with van der Waals surface area (Å²) in [6.07, 6.45) is 6.95. The zero-order valence-electron chi connectivity index (χ0n) is 17.4. The maximum atomic E-state index is 13.2. The molecule has 2 aliphatic carbocycles. The van der Waals surface area contributed by atoms with Crippen LogP contribution in [0.3, 0.4) is 0 Å². The van der Waals surface area contributed by atoms with E-state index in [2.05, 4.69) is 10.3 Å². The van der Waals surface area contributed by atoms with Crippen molar-refractivity contribution in [2.45, 2.75) is 70.9 Å². The molecule has 1 atom stereocenters. The third kappa shape index (κ3) is 3.93. The number of amidine groups is 1. The largest absolute Gasteiger partial charge is 0.326 e. The van der Waals surface area contributed by atoms with Crippen LogP contribution in [0, 0.1) is 5.92 Å². The number of nitrogens with two attached hydrogens (primary N) is 1. The van der Waals surface area contributed by atoms with Crippen molar-refractivity contribution in [1.82, 2.24) is 10.2 Å². The second-order valence-electron chi connectivity index (χ2n) is 8.45. The minimum atomic E-state index is -0.167. The van der Waals surface area contributed by atoms with Gasteiger partial charge >= 0.3 is 5.91 Å². The van der Waals surface area contributed by atoms with E-state index in [1.807, 2.05) is 17.0 Å². The van der Waals surface area contributed by atoms with E-state index in [-0.39, 0.29) is 35.5 Å². The second kappa shape index (κ2) is 8.50. The molecule has 2 saturated carbocycles. The van der Waals surface area contributed by atoms with Crippen LogP contribution in [0.5, 0.6) is 0 Å². The van der Waals surface area contributed by atoms with Gasteiger partial charge in [0.05, 0.1) is 11.6 Å². The van der Waals surface area contributed by atoms with E-state index in [9.17, 15) is 14.4 Å². The van der Waals surface area contributed by atoms with E-state index >= 15 is 0 Å². The molecule has 3 aliphatic rings. The number of hydrogen-bond donors (Lipinski definition) is 2. The molecule has 1 aliphatic heterocycles. The number of fused-ring (bicyclic) bond motifs is 1. The molecule has 0 bridgehead atoms. The molecule has 4 rings (SSSR count). The maximum Gasteiger partial charge on any atom is 0.307 e. The van der Waals surface area contributed by atoms with Gasteiger partial charge in [-0.05, 0) is 49.8 Å². The van der Waals surface area contributed by atoms with Gasteiger partial charge in [0.15, 0.2) is 0 Å². The van der Waals surface area contributed by atoms with Crippen molar-refractivity contribution in [3.63, 3.8) is 0 Å². The minimum absolute atomic E-state index is 0.0105. The highest BCUT2D eigenvalue weighted by Crippen LogP contribution is 2.32. The molecule has 158 valence electrons. The summed E-state index contributed by atoms with van der Waals surface area (Å²) in [5, 5.41) is 8.67. The van der Waals surface area contributed by atoms with Crippen LogP contribution in [-0.2, 0) is 16.1 Å². The molecule has 0 radical (unpaired) electrons. The molecule has 1 unspecified atom stereocenters. The number of nitrogens with zero attached hydrogens (tertiary/aromatic N) is 2. The van der Waals surface area contributed by atoms with E-state index in [0.29, 0.717) is 24.1 Å². The van der Waals surface area contributed by atoms with Gasteiger partial charge in [-0.2, -0.15) is 0 Å². The van der Waals surface area contributed by atoms with Crippen LogP contribution >= 0.6 is 0 Å². The summed E-state index contributed by atoms with van der Waals surface area (Å²) in [6.45, 7) is 2.27. The van der Waals surface area contributed by atoms with Crippen molar-refractivity contribution in [2.75, 3.05) is 0 Å². The van der Waals surface area contributed by atoms with Crippen LogP contribution in [0.25, 0.3) is 0 Å². The monoisotopic (exact) mass is 409 g/mol. The summed E-state index contributed by atoms with van der Waals surface area (Å²) in [5.41, 5.74) is 3.04. The average Bonchev–Trinajstić information content (AvgIpc) is 3.02. The van der Waals surface area contributed by atoms with Crippen LogP contribution in [0.1, 0.15) is 79.8 Å². The van der Waals surface area contributed by atoms with Crippen molar-refractivity contribution in [3.05, 3.63) is 34.9 Å². The van der Waals surface area contributed by atoms with E-state index in [1.165, 1.54) is 0 Å². The zero-order chi connectivity index (χ0) is 21.3. The summed E-state index contributed by atoms with van der Waals surface area (Å²) >= 11 is 0. The Hall–Kier alpha value is -2.83. The second-order valence-corrected chi connectivity index (χ2v) is 8.45. The van der Waals surface area contributed by atoms with Gasteiger partial charge in [-0.1, -0.05) is 25.8 Å². The molecule has 1 heterocycles. The highest BCUT2D eigenvalue weighted by atomic mass is 16.2. The van der Waals surface area contributed by atoms with Gasteiger partial charge in [-0.25, -0.2) is 15.1 Å². The molecule has 3 amide bonds. The molecule has 7 heteroatoms. The molecule has 1 aromatic rings. The first-order valence-electron chi connectivity index (χ1n) is 11.0. The smallest absolute Gasteiger partial charge is 0.307 e. The molecular weight excluding hydrogens is 380 g/mol. The summed E-state index contributed by atoms with van der Waals surface area (Å²) in [6, 6.07) is 5.36. The molecular formula is C23H29N4O3+. The number of benzene rings is 1. The van der Waals surface area contributed by atoms with Crippen LogP contribution in [-0.4, -0.2) is 40.2 Å². The summed E-state index contributed by atoms with van der Waals surface area (Å²) in [5.74, 6) is 0.0915. The van der Waals surface area contributed by atoms with Crippen LogP contribution < -0.4 is 10.7 Å². The molecule has 7 nitrogen and oxygen atoms in total. The van der Waals surface area contributed by atoms with E-state index < -0.39 is 0 Å². The molecule has 0 aromatic heterocycles. The maximum absolute atomic E-state index is 13.2. The van der Waals surface area contributed by atoms with Gasteiger partial charge in [0.25, 0.3) is 11.7 Å². The fourth-order valence-corrected chi connectivity index (χ4v) is 4.38. The van der Waals surface area contributed by atoms with Gasteiger partial charge < -0.3 is 4.90 Å². The first kappa shape index (κ1) is 20.4. The summed E-state index contributed by atoms with van der Waals surface area (Å²) < 4.78 is 0. The zero-order valence-corrected chi connectivity index (χ0v) is 17.4. The quantitative estimate of drug-likeness (QED) is 0.580. The number of rotatable bonds is 4. The summed E-state index contributed by atoms with van der Waals surface area (Å²) in [7, 11) is 0. The molecule has 30 heavy (non-hydrogen) atoms. The minimum Gasteiger partial charge on any atom is -0.326 e. The van der Waals surface area contributed by atoms with Crippen molar-refractivity contribution < 1.29 is 19.8 Å². The first-order chi connectivity index (χ1) is 14.5. The van der Waals surface area contributed by atoms with Crippen LogP contribution in [0.4, 0.5) is 0 Å². The van der Waals surface area contributed by atoms with Crippen LogP contribution in [0.2, 0.25) is 0 Å². The SMILES string of the molecule is CCC(=O)NC(=[NH2+])c1ccc2c(c1)C(=O)N(C1CCCCC1=NC(=O)C1CCC1)C2. The molecule has 2 fully saturated rings. The van der Waals surface area contributed by atoms with Gasteiger partial charge in [0.2, 0.25) is 5.91 Å². The average molecular weight is 410 g/mol. The lowest BCUT2D eigenvalue weighted by Gasteiger charge is -2.33. The first-order valence-corrected chi connectivity index (χ1v) is 11.0. The standard InChI is InChI=1S/C23H28N4O3/c1-2-20(28)26-21(24)15-10-11-16-13-27(23(30)17(16)12-15)19-9-4-3-8-18(19)25-22(29)14-6-5-7-14/h10-12,14,19H,2-9,13H2,1H3,(H2,24,26,28)/p+1. The van der Waals surface area contributed by atoms with Gasteiger partial charge in [-0.15, -0.1) is 0 Å². The predicted molar refractivity (Wildman–Crippen MR) is 113 cm³/mol. The van der Waals surface area contributed by atoms with E-state index in [1.54, 1.807) is 13.0 Å². The lowest BCUT2D eigenvalue weighted by atomic mass is 9.84. The van der Waals surface area contributed by atoms with E-state index in [0.717, 1.165) is 56.2 Å². The Morgan fingerprint density at radius 3 is 2.70 bits per heavy atom. The van der Waals surface area contributed by atoms with Crippen molar-refractivity contribution >= 4 is 29.3 Å². The number of amides is 3. The topological polar surface area (TPSA) is 104 Å². The molecule has 3 N–H and O–H groups in total. The van der Waals surface area contributed by atoms with Gasteiger partial charge in [-0.3, -0.25) is 15.0 Å². The Bertz CT molecular complexity index is 932. The van der Waals surface area contributed by atoms with Crippen molar-refractivity contribution in [2.24, 2.45) is 10.9 Å². The number of carbonyl (C=O) groups excluding carboxylic acids is 3. The van der Waals surface area contributed by atoms with Gasteiger partial charge in [0.1, 0.15) is 0 Å². The Balaban J connectivity index is 1.53. The van der Waals surface area contributed by atoms with Crippen LogP contribution in [0.15, 0.2) is 23.2 Å². The predicted octanol–water partition coefficient (Wildman–Crippen LogP) is 1.38. The molecule has 1 aromatic carbocycles. The number of carbonyl (C=O) groups is 3. The fourth-order valence-electron chi connectivity index (χ4n) is 4.38. The van der Waals surface area contributed by atoms with E-state index in [4.69, 9.17) is 5.41 Å². The van der Waals surface area contributed by atoms with Crippen molar-refractivity contribution in [3.8, 4) is 0 Å². The van der Waals surface area contributed by atoms with Crippen molar-refractivity contribution in [1.29, 1.82) is 0 Å². The normalized spacial score (nSPS) is 22.6. The molecule has 0 spiro atoms. The van der Waals surface area contributed by atoms with Gasteiger partial charge in [0, 0.05) is 30.2 Å². The Kier molecular flexibility index (Phi) is 5.79. The number of nitrogens with one attached hydrogen (secondary N) is 1. The summed E-state index contributed by atoms with van der Waals surface area (Å²) in [4.78, 5) is 43.6. The third-order valence-corrected chi connectivity index (χ3v) is 6.48. The lowest BCUT2D eigenvalue weighted by Crippen LogP contribution is -2.51.